The minimum absolute atomic E-state index is 0.286. The van der Waals surface area contributed by atoms with E-state index in [9.17, 15) is 22.9 Å². The van der Waals surface area contributed by atoms with E-state index in [4.69, 9.17) is 0 Å². The molecule has 0 heterocycles. The van der Waals surface area contributed by atoms with Crippen LogP contribution in [0.1, 0.15) is 219 Å². The number of nitrogens with one attached hydrogen (secondary N) is 1. The lowest BCUT2D eigenvalue weighted by Crippen LogP contribution is -2.46. The van der Waals surface area contributed by atoms with Gasteiger partial charge in [0.15, 0.2) is 0 Å². The molecule has 0 spiro atoms. The van der Waals surface area contributed by atoms with Gasteiger partial charge in [-0.3, -0.25) is 9.35 Å². The smallest absolute Gasteiger partial charge is 0.267 e. The van der Waals surface area contributed by atoms with Crippen LogP contribution in [-0.4, -0.2) is 41.9 Å². The molecule has 0 fully saturated rings. The first-order valence-corrected chi connectivity index (χ1v) is 22.6. The Labute approximate surface area is 304 Å². The van der Waals surface area contributed by atoms with E-state index in [0.29, 0.717) is 6.42 Å². The monoisotopic (exact) mass is 712 g/mol. The maximum atomic E-state index is 12.5. The Hall–Kier alpha value is -1.18. The average Bonchev–Trinajstić information content (AvgIpc) is 3.06. The summed E-state index contributed by atoms with van der Waals surface area (Å²) in [5, 5.41) is 13.2. The van der Waals surface area contributed by atoms with E-state index in [1.807, 2.05) is 6.08 Å². The lowest BCUT2D eigenvalue weighted by atomic mass is 10.0. The van der Waals surface area contributed by atoms with Crippen LogP contribution in [-0.2, 0) is 14.9 Å². The molecule has 0 aliphatic carbocycles. The summed E-state index contributed by atoms with van der Waals surface area (Å²) in [4.78, 5) is 12.5. The van der Waals surface area contributed by atoms with E-state index in [1.54, 1.807) is 0 Å². The molecule has 0 aromatic heterocycles. The van der Waals surface area contributed by atoms with E-state index < -0.39 is 28.0 Å². The van der Waals surface area contributed by atoms with Crippen molar-refractivity contribution in [1.29, 1.82) is 0 Å². The minimum atomic E-state index is -4.35. The topological polar surface area (TPSA) is 104 Å². The van der Waals surface area contributed by atoms with Gasteiger partial charge in [-0.25, -0.2) is 0 Å². The van der Waals surface area contributed by atoms with Crippen molar-refractivity contribution in [1.82, 2.24) is 5.32 Å². The van der Waals surface area contributed by atoms with Crippen LogP contribution in [0.4, 0.5) is 0 Å². The van der Waals surface area contributed by atoms with E-state index >= 15 is 0 Å². The van der Waals surface area contributed by atoms with Gasteiger partial charge in [-0.05, 0) is 32.1 Å². The SMILES string of the molecule is CCCCCCCCCCCCCCCCC/C=C/CC/C=C/C(O)C(CS(=O)(=O)O)NC(=O)CCCCCCCCCCCCCCC. The maximum Gasteiger partial charge on any atom is 0.267 e. The summed E-state index contributed by atoms with van der Waals surface area (Å²) in [6.07, 6.45) is 46.0. The lowest BCUT2D eigenvalue weighted by Gasteiger charge is -2.21. The second-order valence-corrected chi connectivity index (χ2v) is 16.1. The molecule has 6 nitrogen and oxygen atoms in total. The van der Waals surface area contributed by atoms with Gasteiger partial charge < -0.3 is 10.4 Å². The highest BCUT2D eigenvalue weighted by atomic mass is 32.2. The normalized spacial score (nSPS) is 13.5. The summed E-state index contributed by atoms with van der Waals surface area (Å²) in [5.74, 6) is -0.993. The Bertz CT molecular complexity index is 872. The molecule has 2 unspecified atom stereocenters. The molecule has 0 radical (unpaired) electrons. The first kappa shape index (κ1) is 47.8. The van der Waals surface area contributed by atoms with Crippen LogP contribution in [0.25, 0.3) is 0 Å². The van der Waals surface area contributed by atoms with Crippen molar-refractivity contribution in [2.24, 2.45) is 0 Å². The maximum absolute atomic E-state index is 12.5. The molecular formula is C42H81NO5S. The van der Waals surface area contributed by atoms with Crippen molar-refractivity contribution in [3.05, 3.63) is 24.3 Å². The third kappa shape index (κ3) is 37.9. The van der Waals surface area contributed by atoms with Crippen LogP contribution >= 0.6 is 0 Å². The minimum Gasteiger partial charge on any atom is -0.387 e. The molecule has 7 heteroatoms. The molecule has 49 heavy (non-hydrogen) atoms. The zero-order valence-corrected chi connectivity index (χ0v) is 33.1. The van der Waals surface area contributed by atoms with Crippen molar-refractivity contribution in [2.75, 3.05) is 5.75 Å². The summed E-state index contributed by atoms with van der Waals surface area (Å²) in [6, 6.07) is -1.07. The Morgan fingerprint density at radius 1 is 0.531 bits per heavy atom. The summed E-state index contributed by atoms with van der Waals surface area (Å²) in [7, 11) is -4.35. The molecule has 0 aliphatic heterocycles. The Morgan fingerprint density at radius 3 is 1.29 bits per heavy atom. The average molecular weight is 712 g/mol. The van der Waals surface area contributed by atoms with Crippen LogP contribution in [0.5, 0.6) is 0 Å². The van der Waals surface area contributed by atoms with Gasteiger partial charge in [0.25, 0.3) is 10.1 Å². The summed E-state index contributed by atoms with van der Waals surface area (Å²) < 4.78 is 32.4. The number of carbonyl (C=O) groups is 1. The predicted octanol–water partition coefficient (Wildman–Crippen LogP) is 12.4. The molecule has 0 bridgehead atoms. The highest BCUT2D eigenvalue weighted by molar-refractivity contribution is 7.85. The predicted molar refractivity (Wildman–Crippen MR) is 212 cm³/mol. The fourth-order valence-electron chi connectivity index (χ4n) is 6.47. The molecule has 290 valence electrons. The molecule has 0 aromatic rings. The first-order valence-electron chi connectivity index (χ1n) is 21.0. The van der Waals surface area contributed by atoms with Gasteiger partial charge in [-0.2, -0.15) is 8.42 Å². The molecule has 0 saturated heterocycles. The fraction of sp³-hybridized carbons (Fsp3) is 0.881. The quantitative estimate of drug-likeness (QED) is 0.0336. The number of hydrogen-bond donors (Lipinski definition) is 3. The van der Waals surface area contributed by atoms with Crippen molar-refractivity contribution in [2.45, 2.75) is 231 Å². The molecule has 0 aromatic carbocycles. The number of allylic oxidation sites excluding steroid dienone is 3. The van der Waals surface area contributed by atoms with Crippen LogP contribution in [0.3, 0.4) is 0 Å². The summed E-state index contributed by atoms with van der Waals surface area (Å²) >= 11 is 0. The van der Waals surface area contributed by atoms with Gasteiger partial charge in [0.2, 0.25) is 5.91 Å². The molecule has 1 amide bonds. The van der Waals surface area contributed by atoms with Gasteiger partial charge in [0.1, 0.15) is 0 Å². The van der Waals surface area contributed by atoms with Gasteiger partial charge in [-0.15, -0.1) is 0 Å². The second kappa shape index (κ2) is 36.6. The number of carbonyl (C=O) groups excluding carboxylic acids is 1. The van der Waals surface area contributed by atoms with Crippen molar-refractivity contribution in [3.8, 4) is 0 Å². The zero-order chi connectivity index (χ0) is 36.1. The number of amides is 1. The molecule has 2 atom stereocenters. The molecule has 0 aliphatic rings. The number of unbranched alkanes of at least 4 members (excludes halogenated alkanes) is 28. The second-order valence-electron chi connectivity index (χ2n) is 14.6. The van der Waals surface area contributed by atoms with Gasteiger partial charge in [-0.1, -0.05) is 205 Å². The summed E-state index contributed by atoms with van der Waals surface area (Å²) in [5.41, 5.74) is 0. The van der Waals surface area contributed by atoms with Crippen LogP contribution in [0.15, 0.2) is 24.3 Å². The Kier molecular flexibility index (Phi) is 35.7. The van der Waals surface area contributed by atoms with Crippen LogP contribution < -0.4 is 5.32 Å². The standard InChI is InChI=1S/C42H81NO5S/c1-3-5-7-9-11-13-15-17-18-19-20-21-22-23-24-26-27-29-31-33-35-37-41(44)40(39-49(46,47)48)43-42(45)38-36-34-32-30-28-25-16-14-12-10-8-6-4-2/h27,29,35,37,40-41,44H,3-26,28,30-34,36,38-39H2,1-2H3,(H,43,45)(H,46,47,48)/b29-27+,37-35+. The van der Waals surface area contributed by atoms with Gasteiger partial charge in [0, 0.05) is 6.42 Å². The Morgan fingerprint density at radius 2 is 0.878 bits per heavy atom. The van der Waals surface area contributed by atoms with E-state index in [0.717, 1.165) is 38.5 Å². The Balaban J connectivity index is 3.91. The molecule has 3 N–H and O–H groups in total. The van der Waals surface area contributed by atoms with Crippen molar-refractivity contribution in [3.63, 3.8) is 0 Å². The van der Waals surface area contributed by atoms with E-state index in [2.05, 4.69) is 31.3 Å². The zero-order valence-electron chi connectivity index (χ0n) is 32.3. The molecule has 0 saturated carbocycles. The van der Waals surface area contributed by atoms with Crippen LogP contribution in [0, 0.1) is 0 Å². The number of aliphatic hydroxyl groups excluding tert-OH is 1. The van der Waals surface area contributed by atoms with E-state index in [-0.39, 0.29) is 5.91 Å². The lowest BCUT2D eigenvalue weighted by molar-refractivity contribution is -0.122. The molecular weight excluding hydrogens is 631 g/mol. The highest BCUT2D eigenvalue weighted by Crippen LogP contribution is 2.15. The van der Waals surface area contributed by atoms with Crippen molar-refractivity contribution < 1.29 is 22.9 Å². The van der Waals surface area contributed by atoms with E-state index in [1.165, 1.54) is 167 Å². The number of rotatable bonds is 38. The highest BCUT2D eigenvalue weighted by Gasteiger charge is 2.24. The number of hydrogen-bond acceptors (Lipinski definition) is 4. The first-order chi connectivity index (χ1) is 23.8. The third-order valence-corrected chi connectivity index (χ3v) is 10.4. The number of aliphatic hydroxyl groups is 1. The van der Waals surface area contributed by atoms with Crippen LogP contribution in [0.2, 0.25) is 0 Å². The third-order valence-electron chi connectivity index (χ3n) is 9.63. The largest absolute Gasteiger partial charge is 0.387 e. The van der Waals surface area contributed by atoms with Crippen molar-refractivity contribution >= 4 is 16.0 Å². The summed E-state index contributed by atoms with van der Waals surface area (Å²) in [6.45, 7) is 4.52. The molecule has 0 rings (SSSR count). The van der Waals surface area contributed by atoms with Gasteiger partial charge in [0.05, 0.1) is 17.9 Å². The van der Waals surface area contributed by atoms with Gasteiger partial charge >= 0.3 is 0 Å². The fourth-order valence-corrected chi connectivity index (χ4v) is 7.20.